The van der Waals surface area contributed by atoms with Crippen LogP contribution < -0.4 is 5.32 Å². The molecule has 0 saturated carbocycles. The molecule has 3 aromatic rings. The number of rotatable bonds is 6. The highest BCUT2D eigenvalue weighted by molar-refractivity contribution is 6.32. The van der Waals surface area contributed by atoms with Gasteiger partial charge in [-0.25, -0.2) is 9.78 Å². The molecule has 2 aromatic heterocycles. The Morgan fingerprint density at radius 3 is 2.67 bits per heavy atom. The quantitative estimate of drug-likeness (QED) is 0.430. The highest BCUT2D eigenvalue weighted by Gasteiger charge is 2.32. The highest BCUT2D eigenvalue weighted by Crippen LogP contribution is 2.35. The Bertz CT molecular complexity index is 1190. The van der Waals surface area contributed by atoms with Crippen molar-refractivity contribution in [2.45, 2.75) is 65.1 Å². The molecule has 4 rings (SSSR count). The second kappa shape index (κ2) is 8.81. The van der Waals surface area contributed by atoms with Crippen LogP contribution in [0.3, 0.4) is 0 Å². The van der Waals surface area contributed by atoms with Crippen LogP contribution in [-0.2, 0) is 12.0 Å². The number of halogens is 2. The van der Waals surface area contributed by atoms with Crippen LogP contribution in [0.5, 0.6) is 0 Å². The van der Waals surface area contributed by atoms with Gasteiger partial charge >= 0.3 is 5.97 Å². The van der Waals surface area contributed by atoms with Gasteiger partial charge in [-0.05, 0) is 43.4 Å². The van der Waals surface area contributed by atoms with Crippen LogP contribution in [0.4, 0.5) is 5.82 Å². The SMILES string of the molecule is CC(C)N1CC[C@@H](n2c(CNc3n[nH]c4cc(Cl)c(C(C)(C)C)cc34)nc(Cl)c2C(=O)O)C1. The maximum Gasteiger partial charge on any atom is 0.355 e. The van der Waals surface area contributed by atoms with E-state index in [9.17, 15) is 9.90 Å². The number of nitrogens with zero attached hydrogens (tertiary/aromatic N) is 4. The van der Waals surface area contributed by atoms with E-state index in [2.05, 4.69) is 60.0 Å². The molecule has 1 aliphatic heterocycles. The van der Waals surface area contributed by atoms with Gasteiger partial charge in [-0.2, -0.15) is 5.10 Å². The number of benzene rings is 1. The second-order valence-corrected chi connectivity index (χ2v) is 10.7. The number of hydrogen-bond acceptors (Lipinski definition) is 5. The van der Waals surface area contributed by atoms with Gasteiger partial charge in [0.1, 0.15) is 5.82 Å². The number of imidazole rings is 1. The van der Waals surface area contributed by atoms with E-state index in [0.717, 1.165) is 36.0 Å². The normalized spacial score (nSPS) is 17.4. The maximum atomic E-state index is 12.0. The molecule has 0 spiro atoms. The third kappa shape index (κ3) is 4.56. The fourth-order valence-electron chi connectivity index (χ4n) is 4.52. The minimum absolute atomic E-state index is 0.00229. The van der Waals surface area contributed by atoms with E-state index in [1.807, 2.05) is 12.1 Å². The molecule has 8 nitrogen and oxygen atoms in total. The van der Waals surface area contributed by atoms with Crippen LogP contribution in [0.2, 0.25) is 10.2 Å². The second-order valence-electron chi connectivity index (χ2n) is 9.93. The average Bonchev–Trinajstić information content (AvgIpc) is 3.41. The third-order valence-electron chi connectivity index (χ3n) is 6.31. The third-order valence-corrected chi connectivity index (χ3v) is 6.88. The van der Waals surface area contributed by atoms with Gasteiger partial charge in [-0.3, -0.25) is 10.00 Å². The Kier molecular flexibility index (Phi) is 6.37. The summed E-state index contributed by atoms with van der Waals surface area (Å²) in [4.78, 5) is 18.7. The van der Waals surface area contributed by atoms with Gasteiger partial charge < -0.3 is 15.0 Å². The predicted octanol–water partition coefficient (Wildman–Crippen LogP) is 5.33. The van der Waals surface area contributed by atoms with Gasteiger partial charge in [0, 0.05) is 35.6 Å². The zero-order valence-corrected chi connectivity index (χ0v) is 21.0. The van der Waals surface area contributed by atoms with E-state index >= 15 is 0 Å². The highest BCUT2D eigenvalue weighted by atomic mass is 35.5. The van der Waals surface area contributed by atoms with E-state index in [-0.39, 0.29) is 22.3 Å². The van der Waals surface area contributed by atoms with Crippen LogP contribution in [0.1, 0.15) is 69.0 Å². The fourth-order valence-corrected chi connectivity index (χ4v) is 5.23. The molecule has 1 aromatic carbocycles. The molecule has 0 radical (unpaired) electrons. The average molecular weight is 493 g/mol. The summed E-state index contributed by atoms with van der Waals surface area (Å²) in [7, 11) is 0. The zero-order chi connectivity index (χ0) is 24.1. The van der Waals surface area contributed by atoms with E-state index in [0.29, 0.717) is 29.3 Å². The number of nitrogens with one attached hydrogen (secondary N) is 2. The molecule has 10 heteroatoms. The molecular weight excluding hydrogens is 463 g/mol. The fraction of sp³-hybridized carbons (Fsp3) is 0.522. The number of H-pyrrole nitrogens is 1. The lowest BCUT2D eigenvalue weighted by Crippen LogP contribution is -2.29. The molecule has 1 fully saturated rings. The summed E-state index contributed by atoms with van der Waals surface area (Å²) < 4.78 is 1.78. The number of anilines is 1. The summed E-state index contributed by atoms with van der Waals surface area (Å²) in [5, 5.41) is 22.2. The molecule has 1 saturated heterocycles. The summed E-state index contributed by atoms with van der Waals surface area (Å²) >= 11 is 12.8. The smallest absolute Gasteiger partial charge is 0.355 e. The minimum Gasteiger partial charge on any atom is -0.476 e. The van der Waals surface area contributed by atoms with Crippen molar-refractivity contribution in [3.63, 3.8) is 0 Å². The minimum atomic E-state index is -1.07. The standard InChI is InChI=1S/C23H30Cl2N6O2/c1-12(2)30-7-6-13(11-30)31-18(27-20(25)19(31)22(32)33)10-26-21-14-8-15(23(3,4)5)16(24)9-17(14)28-29-21/h8-9,12-13H,6-7,10-11H2,1-5H3,(H,32,33)(H2,26,28,29)/t13-/m1/s1. The van der Waals surface area contributed by atoms with Crippen molar-refractivity contribution < 1.29 is 9.90 Å². The number of carbonyl (C=O) groups is 1. The Morgan fingerprint density at radius 1 is 1.33 bits per heavy atom. The Labute approximate surface area is 203 Å². The van der Waals surface area contributed by atoms with Crippen LogP contribution in [0.15, 0.2) is 12.1 Å². The Hall–Kier alpha value is -2.29. The summed E-state index contributed by atoms with van der Waals surface area (Å²) in [6, 6.07) is 4.32. The number of likely N-dealkylation sites (tertiary alicyclic amines) is 1. The molecule has 33 heavy (non-hydrogen) atoms. The molecule has 3 N–H and O–H groups in total. The summed E-state index contributed by atoms with van der Waals surface area (Å²) in [5.74, 6) is 0.163. The first-order valence-electron chi connectivity index (χ1n) is 11.1. The molecule has 1 aliphatic rings. The Morgan fingerprint density at radius 2 is 2.06 bits per heavy atom. The van der Waals surface area contributed by atoms with Crippen molar-refractivity contribution in [3.05, 3.63) is 39.4 Å². The zero-order valence-electron chi connectivity index (χ0n) is 19.5. The van der Waals surface area contributed by atoms with Crippen molar-refractivity contribution in [1.82, 2.24) is 24.6 Å². The number of aromatic carboxylic acids is 1. The lowest BCUT2D eigenvalue weighted by atomic mass is 9.86. The van der Waals surface area contributed by atoms with E-state index in [1.54, 1.807) is 4.57 Å². The first-order valence-corrected chi connectivity index (χ1v) is 11.9. The number of hydrogen-bond donors (Lipinski definition) is 3. The van der Waals surface area contributed by atoms with Gasteiger partial charge in [0.05, 0.1) is 12.1 Å². The van der Waals surface area contributed by atoms with Gasteiger partial charge in [-0.15, -0.1) is 0 Å². The van der Waals surface area contributed by atoms with E-state index in [4.69, 9.17) is 23.2 Å². The number of carboxylic acids is 1. The number of fused-ring (bicyclic) bond motifs is 1. The lowest BCUT2D eigenvalue weighted by molar-refractivity contribution is 0.0682. The van der Waals surface area contributed by atoms with Gasteiger partial charge in [0.25, 0.3) is 0 Å². The topological polar surface area (TPSA) is 99.1 Å². The molecule has 0 unspecified atom stereocenters. The molecule has 178 valence electrons. The predicted molar refractivity (Wildman–Crippen MR) is 132 cm³/mol. The summed E-state index contributed by atoms with van der Waals surface area (Å²) in [6.07, 6.45) is 0.844. The van der Waals surface area contributed by atoms with Gasteiger partial charge in [0.15, 0.2) is 16.7 Å². The van der Waals surface area contributed by atoms with Crippen molar-refractivity contribution in [2.75, 3.05) is 18.4 Å². The van der Waals surface area contributed by atoms with Crippen molar-refractivity contribution >= 4 is 45.9 Å². The van der Waals surface area contributed by atoms with E-state index in [1.165, 1.54) is 0 Å². The maximum absolute atomic E-state index is 12.0. The first kappa shape index (κ1) is 23.9. The van der Waals surface area contributed by atoms with Crippen LogP contribution in [0, 0.1) is 0 Å². The number of aromatic amines is 1. The Balaban J connectivity index is 1.66. The van der Waals surface area contributed by atoms with Gasteiger partial charge in [-0.1, -0.05) is 44.0 Å². The molecule has 3 heterocycles. The monoisotopic (exact) mass is 492 g/mol. The summed E-state index contributed by atoms with van der Waals surface area (Å²) in [5.41, 5.74) is 1.77. The van der Waals surface area contributed by atoms with Gasteiger partial charge in [0.2, 0.25) is 0 Å². The summed E-state index contributed by atoms with van der Waals surface area (Å²) in [6.45, 7) is 12.6. The first-order chi connectivity index (χ1) is 15.5. The molecule has 0 aliphatic carbocycles. The molecule has 0 bridgehead atoms. The molecule has 0 amide bonds. The van der Waals surface area contributed by atoms with Crippen LogP contribution in [-0.4, -0.2) is 54.9 Å². The van der Waals surface area contributed by atoms with Crippen molar-refractivity contribution in [2.24, 2.45) is 0 Å². The molecule has 1 atom stereocenters. The molecular formula is C23H30Cl2N6O2. The van der Waals surface area contributed by atoms with Crippen LogP contribution in [0.25, 0.3) is 10.9 Å². The van der Waals surface area contributed by atoms with Crippen molar-refractivity contribution in [1.29, 1.82) is 0 Å². The number of carboxylic acid groups (broad SMARTS) is 1. The van der Waals surface area contributed by atoms with E-state index < -0.39 is 5.97 Å². The lowest BCUT2D eigenvalue weighted by Gasteiger charge is -2.22. The largest absolute Gasteiger partial charge is 0.476 e. The van der Waals surface area contributed by atoms with Crippen LogP contribution >= 0.6 is 23.2 Å². The van der Waals surface area contributed by atoms with Crippen molar-refractivity contribution in [3.8, 4) is 0 Å². The number of aromatic nitrogens is 4.